The van der Waals surface area contributed by atoms with Crippen LogP contribution < -0.4 is 26.0 Å². The molecule has 1 spiro atoms. The normalized spacial score (nSPS) is 19.9. The number of nitrogens with one attached hydrogen (secondary N) is 2. The lowest BCUT2D eigenvalue weighted by molar-refractivity contribution is -0.136. The molecule has 2 unspecified atom stereocenters. The van der Waals surface area contributed by atoms with Crippen molar-refractivity contribution in [2.24, 2.45) is 5.41 Å². The Morgan fingerprint density at radius 1 is 1.04 bits per heavy atom. The predicted molar refractivity (Wildman–Crippen MR) is 195 cm³/mol. The third kappa shape index (κ3) is 7.08. The van der Waals surface area contributed by atoms with Gasteiger partial charge in [-0.3, -0.25) is 34.2 Å². The highest BCUT2D eigenvalue weighted by molar-refractivity contribution is 8.13. The van der Waals surface area contributed by atoms with Gasteiger partial charge in [0.25, 0.3) is 11.8 Å². The number of carbonyl (C=O) groups excluding carboxylic acids is 5. The SMILES string of the molecule is C=S(CCCNC(=O)CCN1CC2(C1)CN(c1ccc3c(c1)C(=O)N(C1CCC(=O)NC1=O)C3=O)C2)COc1cc(-c2ccccc2O)nnc1N. The number of nitrogens with zero attached hydrogens (tertiary/aromatic N) is 5. The largest absolute Gasteiger partial charge is 0.507 e. The fourth-order valence-corrected chi connectivity index (χ4v) is 8.21. The summed E-state index contributed by atoms with van der Waals surface area (Å²) in [6.45, 7) is 4.62. The molecule has 272 valence electrons. The molecule has 2 atom stereocenters. The Morgan fingerprint density at radius 3 is 2.58 bits per heavy atom. The van der Waals surface area contributed by atoms with E-state index in [1.165, 1.54) is 0 Å². The van der Waals surface area contributed by atoms with Crippen LogP contribution in [0.3, 0.4) is 0 Å². The van der Waals surface area contributed by atoms with Gasteiger partial charge in [-0.25, -0.2) is 0 Å². The molecule has 0 saturated carbocycles. The molecule has 7 rings (SSSR count). The average Bonchev–Trinajstić information content (AvgIpc) is 3.33. The number of likely N-dealkylation sites (tertiary alicyclic amines) is 1. The first kappa shape index (κ1) is 35.1. The molecule has 3 fully saturated rings. The van der Waals surface area contributed by atoms with Gasteiger partial charge in [0.1, 0.15) is 23.4 Å². The maximum atomic E-state index is 13.2. The molecule has 5 amide bonds. The van der Waals surface area contributed by atoms with Gasteiger partial charge in [0.2, 0.25) is 17.7 Å². The second kappa shape index (κ2) is 14.3. The van der Waals surface area contributed by atoms with Crippen LogP contribution in [0.4, 0.5) is 11.5 Å². The molecule has 4 aliphatic rings. The van der Waals surface area contributed by atoms with Crippen molar-refractivity contribution in [1.29, 1.82) is 0 Å². The zero-order valence-electron chi connectivity index (χ0n) is 28.5. The predicted octanol–water partition coefficient (Wildman–Crippen LogP) is 1.59. The number of anilines is 2. The van der Waals surface area contributed by atoms with Gasteiger partial charge >= 0.3 is 0 Å². The van der Waals surface area contributed by atoms with Gasteiger partial charge in [-0.05, 0) is 48.9 Å². The summed E-state index contributed by atoms with van der Waals surface area (Å²) in [5, 5.41) is 23.4. The molecule has 4 aliphatic heterocycles. The summed E-state index contributed by atoms with van der Waals surface area (Å²) < 4.78 is 5.88. The second-order valence-electron chi connectivity index (χ2n) is 13.8. The highest BCUT2D eigenvalue weighted by Gasteiger charge is 2.52. The van der Waals surface area contributed by atoms with Gasteiger partial charge in [-0.2, -0.15) is 10.5 Å². The van der Waals surface area contributed by atoms with E-state index in [0.29, 0.717) is 42.5 Å². The summed E-state index contributed by atoms with van der Waals surface area (Å²) in [7, 11) is -0.329. The summed E-state index contributed by atoms with van der Waals surface area (Å²) in [5.74, 6) is 3.87. The van der Waals surface area contributed by atoms with Gasteiger partial charge in [0.15, 0.2) is 11.6 Å². The number of amides is 5. The van der Waals surface area contributed by atoms with E-state index in [1.807, 2.05) is 6.07 Å². The third-order valence-corrected chi connectivity index (χ3v) is 11.2. The number of piperidine rings is 1. The number of aromatic nitrogens is 2. The molecule has 0 radical (unpaired) electrons. The molecule has 5 N–H and O–H groups in total. The van der Waals surface area contributed by atoms with Crippen LogP contribution in [0.15, 0.2) is 48.5 Å². The van der Waals surface area contributed by atoms with E-state index < -0.39 is 29.7 Å². The first-order valence-electron chi connectivity index (χ1n) is 17.1. The van der Waals surface area contributed by atoms with Gasteiger partial charge < -0.3 is 30.7 Å². The zero-order chi connectivity index (χ0) is 36.6. The number of ether oxygens (including phenoxy) is 1. The molecule has 52 heavy (non-hydrogen) atoms. The minimum absolute atomic E-state index is 0.00687. The van der Waals surface area contributed by atoms with Crippen LogP contribution in [0.2, 0.25) is 0 Å². The number of carbonyl (C=O) groups is 5. The molecule has 0 aliphatic carbocycles. The van der Waals surface area contributed by atoms with Crippen LogP contribution in [0.25, 0.3) is 11.3 Å². The van der Waals surface area contributed by atoms with Crippen LogP contribution in [0.5, 0.6) is 11.5 Å². The number of hydrogen-bond donors (Lipinski definition) is 4. The molecule has 2 aromatic carbocycles. The van der Waals surface area contributed by atoms with Gasteiger partial charge in [-0.15, -0.1) is 10.2 Å². The van der Waals surface area contributed by atoms with E-state index in [1.54, 1.807) is 42.5 Å². The Labute approximate surface area is 302 Å². The number of nitrogen functional groups attached to an aromatic ring is 1. The number of para-hydroxylation sites is 1. The van der Waals surface area contributed by atoms with Crippen molar-refractivity contribution in [1.82, 2.24) is 30.6 Å². The number of benzene rings is 2. The molecule has 3 saturated heterocycles. The van der Waals surface area contributed by atoms with Crippen molar-refractivity contribution in [3.8, 4) is 22.8 Å². The lowest BCUT2D eigenvalue weighted by Crippen LogP contribution is -2.72. The Bertz CT molecular complexity index is 1980. The van der Waals surface area contributed by atoms with Crippen molar-refractivity contribution < 1.29 is 33.8 Å². The number of nitrogens with two attached hydrogens (primary N) is 1. The monoisotopic (exact) mass is 728 g/mol. The maximum absolute atomic E-state index is 13.2. The van der Waals surface area contributed by atoms with Crippen LogP contribution >= 0.6 is 10.5 Å². The van der Waals surface area contributed by atoms with Gasteiger partial charge in [0, 0.05) is 74.8 Å². The second-order valence-corrected chi connectivity index (χ2v) is 15.6. The average molecular weight is 729 g/mol. The Balaban J connectivity index is 0.784. The van der Waals surface area contributed by atoms with E-state index in [9.17, 15) is 29.1 Å². The zero-order valence-corrected chi connectivity index (χ0v) is 29.3. The summed E-state index contributed by atoms with van der Waals surface area (Å²) in [6, 6.07) is 12.7. The minimum Gasteiger partial charge on any atom is -0.507 e. The molecule has 1 aromatic heterocycles. The Morgan fingerprint density at radius 2 is 1.81 bits per heavy atom. The molecular weight excluding hydrogens is 689 g/mol. The number of phenolic OH excluding ortho intramolecular Hbond substituents is 1. The number of fused-ring (bicyclic) bond motifs is 1. The molecular formula is C36H40N8O7S. The lowest BCUT2D eigenvalue weighted by atomic mass is 9.72. The van der Waals surface area contributed by atoms with Crippen LogP contribution in [-0.2, 0) is 14.4 Å². The van der Waals surface area contributed by atoms with Crippen molar-refractivity contribution in [2.45, 2.75) is 31.7 Å². The van der Waals surface area contributed by atoms with E-state index >= 15 is 0 Å². The Hall–Kier alpha value is -5.35. The molecule has 15 nitrogen and oxygen atoms in total. The molecule has 0 bridgehead atoms. The number of imide groups is 2. The number of phenols is 1. The fraction of sp³-hybridized carbons (Fsp3) is 0.389. The topological polar surface area (TPSA) is 200 Å². The van der Waals surface area contributed by atoms with Crippen molar-refractivity contribution >= 4 is 57.4 Å². The van der Waals surface area contributed by atoms with E-state index in [-0.39, 0.29) is 57.3 Å². The smallest absolute Gasteiger partial charge is 0.262 e. The number of aromatic hydroxyl groups is 1. The molecule has 16 heteroatoms. The maximum Gasteiger partial charge on any atom is 0.262 e. The highest BCUT2D eigenvalue weighted by Crippen LogP contribution is 2.43. The number of hydrogen-bond acceptors (Lipinski definition) is 12. The summed E-state index contributed by atoms with van der Waals surface area (Å²) in [5.41, 5.74) is 8.47. The van der Waals surface area contributed by atoms with Crippen molar-refractivity contribution in [3.05, 3.63) is 59.7 Å². The highest BCUT2D eigenvalue weighted by atomic mass is 32.2. The first-order chi connectivity index (χ1) is 25.0. The lowest BCUT2D eigenvalue weighted by Gasteiger charge is -2.61. The standard InChI is InChI=1S/C36H40N8O7S/c1-52(21-51-29-16-26(40-41-32(29)37)24-5-2-3-6-28(24)45)14-4-12-38-30(46)11-13-42-17-36(18-42)19-43(20-36)22-7-8-23-25(15-22)35(50)44(34(23)49)27-9-10-31(47)39-33(27)48/h2-3,5-8,15-16,27,45H,1,4,9-14,17-21H2,(H2,37,41)(H,38,46)(H,39,47,48). The summed E-state index contributed by atoms with van der Waals surface area (Å²) in [6.07, 6.45) is 1.38. The van der Waals surface area contributed by atoms with Crippen LogP contribution in [-0.4, -0.2) is 118 Å². The van der Waals surface area contributed by atoms with Crippen LogP contribution in [0.1, 0.15) is 46.4 Å². The molecule has 3 aromatic rings. The first-order valence-corrected chi connectivity index (χ1v) is 18.8. The number of rotatable bonds is 13. The minimum atomic E-state index is -0.985. The van der Waals surface area contributed by atoms with E-state index in [4.69, 9.17) is 10.5 Å². The third-order valence-electron chi connectivity index (χ3n) is 9.89. The molecule has 5 heterocycles. The Kier molecular flexibility index (Phi) is 9.67. The van der Waals surface area contributed by atoms with Gasteiger partial charge in [-0.1, -0.05) is 18.0 Å². The summed E-state index contributed by atoms with van der Waals surface area (Å²) in [4.78, 5) is 68.0. The van der Waals surface area contributed by atoms with E-state index in [2.05, 4.69) is 36.5 Å². The van der Waals surface area contributed by atoms with Gasteiger partial charge in [0.05, 0.1) is 11.1 Å². The quantitative estimate of drug-likeness (QED) is 0.113. The fourth-order valence-electron chi connectivity index (χ4n) is 7.24. The summed E-state index contributed by atoms with van der Waals surface area (Å²) >= 11 is 0. The van der Waals surface area contributed by atoms with Crippen molar-refractivity contribution in [2.75, 3.05) is 61.6 Å². The van der Waals surface area contributed by atoms with E-state index in [0.717, 1.165) is 48.9 Å². The van der Waals surface area contributed by atoms with Crippen LogP contribution in [0, 0.1) is 5.41 Å². The van der Waals surface area contributed by atoms with Crippen molar-refractivity contribution in [3.63, 3.8) is 0 Å².